The number of hydrazine groups is 1. The predicted octanol–water partition coefficient (Wildman–Crippen LogP) is 4.92. The maximum absolute atomic E-state index is 17.2. The van der Waals surface area contributed by atoms with E-state index < -0.39 is 23.4 Å². The smallest absolute Gasteiger partial charge is 0.319 e. The van der Waals surface area contributed by atoms with Crippen LogP contribution >= 0.6 is 11.8 Å². The number of carbonyl (C=O) groups excluding carboxylic acids is 3. The molecule has 4 aliphatic heterocycles. The molecule has 0 aliphatic carbocycles. The lowest BCUT2D eigenvalue weighted by Gasteiger charge is -2.35. The quantitative estimate of drug-likeness (QED) is 0.0161. The molecule has 0 radical (unpaired) electrons. The van der Waals surface area contributed by atoms with E-state index in [2.05, 4.69) is 41.7 Å². The first-order valence-corrected chi connectivity index (χ1v) is 25.8. The number of pyridine rings is 2. The molecule has 22 heteroatoms. The SMILES string of the molecule is C#Cc1c(F)ccc2cc(O)cc(-c3ncc4c(N5CCN(C(=O)/C(F)=C/c6ccccn6)CC5)nc(OCC5CCCN5CCCN(N)/C=C(\N)CNC(=O)CCCC[C@@H]5SC[C@@H]6NC(=O)N[C@@H]65)nc4c3F)c12. The van der Waals surface area contributed by atoms with Gasteiger partial charge in [0, 0.05) is 104 Å². The number of phenolic OH excluding ortho intramolecular Hbond substituents is 1. The Morgan fingerprint density at radius 2 is 1.91 bits per heavy atom. The molecule has 0 saturated carbocycles. The standard InChI is InChI=1S/C52H58F3N13O5S/c1-2-36-39(53)14-13-31-23-35(69)25-37(44(31)36)46-45(55)47-38(27-60-46)49(66-19-21-67(22-20-66)50(71)40(54)24-33-9-5-6-15-58-33)64-52(63-47)73-29-34-10-7-16-65(34)17-8-18-68(57)28-32(56)26-59-43(70)12-4-3-11-42-48-41(30-74-42)61-51(72)62-48/h1,5-6,9,13-15,23-25,27-28,34,41-42,48,69H,3-4,7-8,10-12,16-22,26,29-30,56-57H2,(H,59,70)(H2,61,62,72)/b32-28-,40-24-/t34?,41-,42-,48-/m0/s1. The number of unbranched alkanes of at least 4 members (excludes halogenated alkanes) is 1. The summed E-state index contributed by atoms with van der Waals surface area (Å²) < 4.78 is 53.7. The highest BCUT2D eigenvalue weighted by Crippen LogP contribution is 2.39. The minimum Gasteiger partial charge on any atom is -0.508 e. The summed E-state index contributed by atoms with van der Waals surface area (Å²) in [6, 6.07) is 10.3. The van der Waals surface area contributed by atoms with E-state index in [-0.39, 0.29) is 120 Å². The number of amides is 4. The lowest BCUT2D eigenvalue weighted by Crippen LogP contribution is -2.49. The fourth-order valence-electron chi connectivity index (χ4n) is 10.1. The molecular weight excluding hydrogens is 976 g/mol. The first-order chi connectivity index (χ1) is 35.8. The second-order valence-corrected chi connectivity index (χ2v) is 20.1. The Bertz CT molecular complexity index is 3010. The predicted molar refractivity (Wildman–Crippen MR) is 277 cm³/mol. The number of hydrogen-bond donors (Lipinski definition) is 6. The first-order valence-electron chi connectivity index (χ1n) is 24.7. The summed E-state index contributed by atoms with van der Waals surface area (Å²) in [7, 11) is 0. The third-order valence-corrected chi connectivity index (χ3v) is 15.3. The van der Waals surface area contributed by atoms with E-state index in [0.29, 0.717) is 48.0 Å². The molecule has 74 heavy (non-hydrogen) atoms. The number of fused-ring (bicyclic) bond motifs is 3. The molecule has 1 unspecified atom stereocenters. The van der Waals surface area contributed by atoms with E-state index in [9.17, 15) is 19.5 Å². The second kappa shape index (κ2) is 23.2. The van der Waals surface area contributed by atoms with Gasteiger partial charge < -0.3 is 46.3 Å². The molecule has 4 amide bonds. The molecule has 0 bridgehead atoms. The zero-order valence-corrected chi connectivity index (χ0v) is 41.4. The average Bonchev–Trinajstić information content (AvgIpc) is 4.12. The van der Waals surface area contributed by atoms with Crippen LogP contribution in [0.1, 0.15) is 56.2 Å². The number of ether oxygens (including phenoxy) is 1. The van der Waals surface area contributed by atoms with Gasteiger partial charge in [-0.1, -0.05) is 24.5 Å². The maximum atomic E-state index is 17.2. The largest absolute Gasteiger partial charge is 0.508 e. The Kier molecular flexibility index (Phi) is 16.2. The number of benzene rings is 2. The molecule has 0 spiro atoms. The molecule has 8 N–H and O–H groups in total. The number of aromatic hydroxyl groups is 1. The number of halogens is 3. The number of rotatable bonds is 19. The molecule has 18 nitrogen and oxygen atoms in total. The second-order valence-electron chi connectivity index (χ2n) is 18.8. The monoisotopic (exact) mass is 1030 g/mol. The summed E-state index contributed by atoms with van der Waals surface area (Å²) in [4.78, 5) is 60.8. The number of anilines is 1. The highest BCUT2D eigenvalue weighted by molar-refractivity contribution is 8.00. The van der Waals surface area contributed by atoms with Gasteiger partial charge in [0.15, 0.2) is 11.6 Å². The van der Waals surface area contributed by atoms with Gasteiger partial charge in [-0.3, -0.25) is 24.5 Å². The van der Waals surface area contributed by atoms with Crippen LogP contribution in [0.3, 0.4) is 0 Å². The molecule has 2 aromatic carbocycles. The highest BCUT2D eigenvalue weighted by atomic mass is 32.2. The van der Waals surface area contributed by atoms with Crippen LogP contribution in [0.4, 0.5) is 23.8 Å². The number of phenols is 1. The van der Waals surface area contributed by atoms with Gasteiger partial charge in [0.1, 0.15) is 35.2 Å². The Labute approximate surface area is 430 Å². The summed E-state index contributed by atoms with van der Waals surface area (Å²) in [5.41, 5.74) is 6.48. The molecule has 388 valence electrons. The summed E-state index contributed by atoms with van der Waals surface area (Å²) in [5.74, 6) is 6.19. The van der Waals surface area contributed by atoms with Gasteiger partial charge in [-0.15, -0.1) is 6.42 Å². The van der Waals surface area contributed by atoms with E-state index in [0.717, 1.165) is 50.5 Å². The van der Waals surface area contributed by atoms with E-state index in [4.69, 9.17) is 27.7 Å². The molecule has 5 aromatic rings. The normalized spacial score (nSPS) is 20.1. The molecule has 4 atom stereocenters. The zero-order chi connectivity index (χ0) is 51.9. The van der Waals surface area contributed by atoms with Crippen molar-refractivity contribution in [3.05, 3.63) is 95.5 Å². The number of nitrogens with zero attached hydrogens (tertiary/aromatic N) is 8. The van der Waals surface area contributed by atoms with Gasteiger partial charge in [0.2, 0.25) is 5.91 Å². The van der Waals surface area contributed by atoms with Crippen LogP contribution in [-0.2, 0) is 9.59 Å². The number of hydrogen-bond acceptors (Lipinski definition) is 15. The van der Waals surface area contributed by atoms with Gasteiger partial charge in [-0.05, 0) is 74.4 Å². The number of nitrogens with two attached hydrogens (primary N) is 2. The van der Waals surface area contributed by atoms with Crippen LogP contribution in [0.5, 0.6) is 11.8 Å². The number of likely N-dealkylation sites (tertiary alicyclic amines) is 1. The van der Waals surface area contributed by atoms with Crippen LogP contribution in [0.2, 0.25) is 0 Å². The van der Waals surface area contributed by atoms with Gasteiger partial charge >= 0.3 is 12.0 Å². The number of terminal acetylenes is 1. The number of piperazine rings is 1. The molecule has 9 rings (SSSR count). The topological polar surface area (TPSA) is 233 Å². The average molecular weight is 1030 g/mol. The van der Waals surface area contributed by atoms with Gasteiger partial charge in [-0.2, -0.15) is 21.7 Å². The van der Waals surface area contributed by atoms with E-state index in [1.54, 1.807) is 24.4 Å². The van der Waals surface area contributed by atoms with Crippen molar-refractivity contribution in [2.75, 3.05) is 69.6 Å². The van der Waals surface area contributed by atoms with Crippen molar-refractivity contribution in [2.24, 2.45) is 11.6 Å². The summed E-state index contributed by atoms with van der Waals surface area (Å²) in [6.07, 6.45) is 16.7. The first kappa shape index (κ1) is 51.5. The van der Waals surface area contributed by atoms with Crippen molar-refractivity contribution in [1.29, 1.82) is 0 Å². The summed E-state index contributed by atoms with van der Waals surface area (Å²) in [5, 5.41) is 22.2. The number of carbonyl (C=O) groups is 3. The van der Waals surface area contributed by atoms with Crippen LogP contribution < -0.4 is 37.2 Å². The Hall–Kier alpha value is -7.35. The van der Waals surface area contributed by atoms with Crippen LogP contribution in [0.25, 0.3) is 39.0 Å². The highest BCUT2D eigenvalue weighted by Gasteiger charge is 2.42. The number of thioether (sulfide) groups is 1. The number of urea groups is 1. The van der Waals surface area contributed by atoms with Crippen molar-refractivity contribution in [2.45, 2.75) is 68.3 Å². The fourth-order valence-corrected chi connectivity index (χ4v) is 11.6. The Morgan fingerprint density at radius 3 is 2.70 bits per heavy atom. The maximum Gasteiger partial charge on any atom is 0.319 e. The van der Waals surface area contributed by atoms with Crippen molar-refractivity contribution in [3.63, 3.8) is 0 Å². The summed E-state index contributed by atoms with van der Waals surface area (Å²) >= 11 is 1.86. The molecule has 4 saturated heterocycles. The summed E-state index contributed by atoms with van der Waals surface area (Å²) in [6.45, 7) is 2.95. The van der Waals surface area contributed by atoms with Crippen molar-refractivity contribution in [1.82, 2.24) is 50.7 Å². The van der Waals surface area contributed by atoms with Gasteiger partial charge in [-0.25, -0.2) is 23.8 Å². The van der Waals surface area contributed by atoms with Crippen LogP contribution in [-0.4, -0.2) is 146 Å². The molecule has 4 fully saturated rings. The molecule has 3 aromatic heterocycles. The van der Waals surface area contributed by atoms with Crippen molar-refractivity contribution < 1.29 is 37.4 Å². The minimum absolute atomic E-state index is 0.0357. The Balaban J connectivity index is 0.840. The zero-order valence-electron chi connectivity index (χ0n) is 40.6. The third-order valence-electron chi connectivity index (χ3n) is 13.8. The van der Waals surface area contributed by atoms with E-state index in [1.807, 2.05) is 16.7 Å². The van der Waals surface area contributed by atoms with Crippen LogP contribution in [0, 0.1) is 24.0 Å². The Morgan fingerprint density at radius 1 is 1.07 bits per heavy atom. The lowest BCUT2D eigenvalue weighted by atomic mass is 9.96. The molecule has 4 aliphatic rings. The van der Waals surface area contributed by atoms with Crippen LogP contribution in [0.15, 0.2) is 72.6 Å². The van der Waals surface area contributed by atoms with Crippen molar-refractivity contribution in [3.8, 4) is 35.4 Å². The molecule has 7 heterocycles. The molecular formula is C52H58F3N13O5S. The number of nitrogens with one attached hydrogen (secondary N) is 3. The lowest BCUT2D eigenvalue weighted by molar-refractivity contribution is -0.128. The van der Waals surface area contributed by atoms with Gasteiger partial charge in [0.05, 0.1) is 35.3 Å². The number of aromatic nitrogens is 4. The third kappa shape index (κ3) is 11.9. The minimum atomic E-state index is -0.955. The van der Waals surface area contributed by atoms with Crippen molar-refractivity contribution >= 4 is 63.2 Å². The van der Waals surface area contributed by atoms with E-state index in [1.165, 1.54) is 46.6 Å². The fraction of sp³-hybridized carbons (Fsp3) is 0.404. The van der Waals surface area contributed by atoms with E-state index >= 15 is 13.2 Å². The van der Waals surface area contributed by atoms with Gasteiger partial charge in [0.25, 0.3) is 5.91 Å².